The quantitative estimate of drug-likeness (QED) is 0.821. The molecular formula is C19H20O8. The molecule has 2 N–H and O–H groups in total. The maximum Gasteiger partial charge on any atom is 0.211 e. The summed E-state index contributed by atoms with van der Waals surface area (Å²) in [6, 6.07) is 4.52. The molecule has 2 aromatic rings. The van der Waals surface area contributed by atoms with E-state index in [0.29, 0.717) is 11.3 Å². The summed E-state index contributed by atoms with van der Waals surface area (Å²) in [6.07, 6.45) is -0.822. The van der Waals surface area contributed by atoms with Gasteiger partial charge in [-0.15, -0.1) is 0 Å². The van der Waals surface area contributed by atoms with E-state index in [-0.39, 0.29) is 52.3 Å². The van der Waals surface area contributed by atoms with Gasteiger partial charge in [0.2, 0.25) is 17.2 Å². The van der Waals surface area contributed by atoms with E-state index in [9.17, 15) is 15.0 Å². The number of methoxy groups -OCH3 is 4. The predicted octanol–water partition coefficient (Wildman–Crippen LogP) is 2.84. The van der Waals surface area contributed by atoms with Crippen molar-refractivity contribution in [1.29, 1.82) is 0 Å². The van der Waals surface area contributed by atoms with Crippen molar-refractivity contribution in [3.63, 3.8) is 0 Å². The molecule has 0 bridgehead atoms. The maximum absolute atomic E-state index is 12.8. The molecule has 0 spiro atoms. The van der Waals surface area contributed by atoms with Crippen LogP contribution in [0.15, 0.2) is 18.2 Å². The lowest BCUT2D eigenvalue weighted by Crippen LogP contribution is -2.22. The molecule has 27 heavy (non-hydrogen) atoms. The van der Waals surface area contributed by atoms with Gasteiger partial charge in [-0.25, -0.2) is 0 Å². The molecule has 1 unspecified atom stereocenters. The Kier molecular flexibility index (Phi) is 4.89. The molecule has 0 amide bonds. The average molecular weight is 376 g/mol. The number of aromatic hydroxyl groups is 2. The fourth-order valence-corrected chi connectivity index (χ4v) is 3.18. The molecule has 1 heterocycles. The summed E-state index contributed by atoms with van der Waals surface area (Å²) in [5.74, 6) is -0.0306. The van der Waals surface area contributed by atoms with Gasteiger partial charge < -0.3 is 33.9 Å². The van der Waals surface area contributed by atoms with Gasteiger partial charge >= 0.3 is 0 Å². The molecular weight excluding hydrogens is 356 g/mol. The van der Waals surface area contributed by atoms with Crippen LogP contribution in [-0.2, 0) is 0 Å². The van der Waals surface area contributed by atoms with Crippen LogP contribution in [-0.4, -0.2) is 44.4 Å². The van der Waals surface area contributed by atoms with Crippen LogP contribution in [0, 0.1) is 0 Å². The maximum atomic E-state index is 12.8. The third kappa shape index (κ3) is 2.92. The first kappa shape index (κ1) is 18.5. The Morgan fingerprint density at radius 2 is 1.63 bits per heavy atom. The lowest BCUT2D eigenvalue weighted by molar-refractivity contribution is 0.0830. The molecule has 0 fully saturated rings. The minimum atomic E-state index is -0.751. The molecule has 0 radical (unpaired) electrons. The highest BCUT2D eigenvalue weighted by Gasteiger charge is 2.38. The molecule has 0 aliphatic carbocycles. The molecule has 2 aromatic carbocycles. The van der Waals surface area contributed by atoms with Crippen molar-refractivity contribution < 1.29 is 38.7 Å². The van der Waals surface area contributed by atoms with Gasteiger partial charge in [0.05, 0.1) is 34.9 Å². The van der Waals surface area contributed by atoms with Crippen LogP contribution < -0.4 is 23.7 Å². The van der Waals surface area contributed by atoms with E-state index in [2.05, 4.69) is 0 Å². The minimum Gasteiger partial charge on any atom is -0.508 e. The van der Waals surface area contributed by atoms with E-state index < -0.39 is 6.10 Å². The molecule has 8 nitrogen and oxygen atoms in total. The lowest BCUT2D eigenvalue weighted by atomic mass is 9.94. The summed E-state index contributed by atoms with van der Waals surface area (Å²) < 4.78 is 27.1. The Morgan fingerprint density at radius 1 is 0.963 bits per heavy atom. The van der Waals surface area contributed by atoms with Crippen LogP contribution in [0.2, 0.25) is 0 Å². The summed E-state index contributed by atoms with van der Waals surface area (Å²) in [7, 11) is 5.60. The van der Waals surface area contributed by atoms with E-state index in [1.54, 1.807) is 6.07 Å². The number of phenols is 2. The number of hydrogen-bond donors (Lipinski definition) is 2. The Balaban J connectivity index is 2.19. The van der Waals surface area contributed by atoms with Crippen LogP contribution in [0.4, 0.5) is 0 Å². The van der Waals surface area contributed by atoms with Gasteiger partial charge in [0.1, 0.15) is 23.2 Å². The number of phenolic OH excluding ortho intramolecular Hbond substituents is 2. The van der Waals surface area contributed by atoms with Crippen molar-refractivity contribution in [2.75, 3.05) is 28.4 Å². The molecule has 0 aromatic heterocycles. The number of ether oxygens (including phenoxy) is 5. The van der Waals surface area contributed by atoms with Crippen LogP contribution in [0.25, 0.3) is 0 Å². The number of fused-ring (bicyclic) bond motifs is 1. The van der Waals surface area contributed by atoms with E-state index >= 15 is 0 Å². The lowest BCUT2D eigenvalue weighted by Gasteiger charge is -2.29. The zero-order chi connectivity index (χ0) is 19.7. The molecule has 0 saturated carbocycles. The molecule has 144 valence electrons. The summed E-state index contributed by atoms with van der Waals surface area (Å²) >= 11 is 0. The topological polar surface area (TPSA) is 104 Å². The number of benzene rings is 2. The highest BCUT2D eigenvalue weighted by atomic mass is 16.6. The first-order valence-corrected chi connectivity index (χ1v) is 8.08. The number of Topliss-reactive ketones (excluding diaryl/α,β-unsaturated/α-hetero) is 1. The summed E-state index contributed by atoms with van der Waals surface area (Å²) in [4.78, 5) is 12.8. The van der Waals surface area contributed by atoms with Crippen molar-refractivity contribution >= 4 is 5.78 Å². The van der Waals surface area contributed by atoms with Gasteiger partial charge in [-0.3, -0.25) is 4.79 Å². The highest BCUT2D eigenvalue weighted by Crippen LogP contribution is 2.56. The molecule has 3 rings (SSSR count). The van der Waals surface area contributed by atoms with E-state index in [0.717, 1.165) is 0 Å². The van der Waals surface area contributed by atoms with Crippen LogP contribution in [0.3, 0.4) is 0 Å². The third-order valence-electron chi connectivity index (χ3n) is 4.38. The average Bonchev–Trinajstić information content (AvgIpc) is 2.67. The van der Waals surface area contributed by atoms with Crippen LogP contribution in [0.5, 0.6) is 40.2 Å². The second-order valence-electron chi connectivity index (χ2n) is 5.81. The van der Waals surface area contributed by atoms with Gasteiger partial charge in [-0.05, 0) is 18.2 Å². The number of carbonyl (C=O) groups excluding carboxylic acids is 1. The Hall–Kier alpha value is -3.29. The van der Waals surface area contributed by atoms with Gasteiger partial charge in [-0.1, -0.05) is 0 Å². The zero-order valence-corrected chi connectivity index (χ0v) is 15.4. The molecule has 8 heteroatoms. The van der Waals surface area contributed by atoms with Crippen molar-refractivity contribution in [2.45, 2.75) is 12.5 Å². The van der Waals surface area contributed by atoms with Crippen molar-refractivity contribution in [2.24, 2.45) is 0 Å². The molecule has 1 aliphatic heterocycles. The molecule has 1 aliphatic rings. The fraction of sp³-hybridized carbons (Fsp3) is 0.316. The molecule has 0 saturated heterocycles. The Morgan fingerprint density at radius 3 is 2.22 bits per heavy atom. The zero-order valence-electron chi connectivity index (χ0n) is 15.4. The normalized spacial score (nSPS) is 15.6. The van der Waals surface area contributed by atoms with E-state index in [1.165, 1.54) is 40.6 Å². The number of carbonyl (C=O) groups is 1. The number of hydrogen-bond acceptors (Lipinski definition) is 8. The largest absolute Gasteiger partial charge is 0.508 e. The van der Waals surface area contributed by atoms with Crippen molar-refractivity contribution in [3.8, 4) is 40.2 Å². The van der Waals surface area contributed by atoms with Crippen LogP contribution in [0.1, 0.15) is 28.4 Å². The van der Waals surface area contributed by atoms with Gasteiger partial charge in [0.25, 0.3) is 0 Å². The smallest absolute Gasteiger partial charge is 0.211 e. The van der Waals surface area contributed by atoms with Crippen molar-refractivity contribution in [1.82, 2.24) is 0 Å². The molecule has 1 atom stereocenters. The SMILES string of the molecule is COc1ccc(O)cc1C1CC(=O)c2c(O)c(OC)c(OC)c(OC)c2O1. The second-order valence-corrected chi connectivity index (χ2v) is 5.81. The summed E-state index contributed by atoms with van der Waals surface area (Å²) in [6.45, 7) is 0. The highest BCUT2D eigenvalue weighted by molar-refractivity contribution is 6.05. The standard InChI is InChI=1S/C19H20O8/c1-23-12-6-5-9(20)7-10(12)13-8-11(21)14-15(22)17(24-2)19(26-4)18(25-3)16(14)27-13/h5-7,13,20,22H,8H2,1-4H3. The Bertz CT molecular complexity index is 890. The number of rotatable bonds is 5. The van der Waals surface area contributed by atoms with Gasteiger partial charge in [-0.2, -0.15) is 0 Å². The predicted molar refractivity (Wildman–Crippen MR) is 94.7 cm³/mol. The monoisotopic (exact) mass is 376 g/mol. The summed E-state index contributed by atoms with van der Waals surface area (Å²) in [5, 5.41) is 20.3. The van der Waals surface area contributed by atoms with Crippen LogP contribution >= 0.6 is 0 Å². The van der Waals surface area contributed by atoms with Crippen molar-refractivity contribution in [3.05, 3.63) is 29.3 Å². The van der Waals surface area contributed by atoms with E-state index in [1.807, 2.05) is 0 Å². The second kappa shape index (κ2) is 7.14. The van der Waals surface area contributed by atoms with Gasteiger partial charge in [0, 0.05) is 5.56 Å². The van der Waals surface area contributed by atoms with Gasteiger partial charge in [0.15, 0.2) is 17.3 Å². The van der Waals surface area contributed by atoms with E-state index in [4.69, 9.17) is 23.7 Å². The summed E-state index contributed by atoms with van der Waals surface area (Å²) in [5.41, 5.74) is 0.452. The Labute approximate surface area is 155 Å². The third-order valence-corrected chi connectivity index (χ3v) is 4.38. The minimum absolute atomic E-state index is 0.00905. The number of ketones is 1. The first-order valence-electron chi connectivity index (χ1n) is 8.08. The fourth-order valence-electron chi connectivity index (χ4n) is 3.18. The first-order chi connectivity index (χ1) is 13.0.